The van der Waals surface area contributed by atoms with Gasteiger partial charge in [0, 0.05) is 5.69 Å². The van der Waals surface area contributed by atoms with Gasteiger partial charge in [0.15, 0.2) is 0 Å². The van der Waals surface area contributed by atoms with Crippen molar-refractivity contribution in [3.8, 4) is 0 Å². The van der Waals surface area contributed by atoms with E-state index in [1.807, 2.05) is 30.3 Å². The van der Waals surface area contributed by atoms with Gasteiger partial charge in [0.25, 0.3) is 0 Å². The largest absolute Gasteiger partial charge is 0.465 e. The predicted molar refractivity (Wildman–Crippen MR) is 77.2 cm³/mol. The molecular formula is C15H13N3O2. The lowest BCUT2D eigenvalue weighted by molar-refractivity contribution is 0.0601. The summed E-state index contributed by atoms with van der Waals surface area (Å²) in [5.74, 6) is 0.271. The first kappa shape index (κ1) is 12.2. The number of hydrogen-bond acceptors (Lipinski definition) is 4. The first-order valence-electron chi connectivity index (χ1n) is 6.16. The molecule has 0 aliphatic rings. The zero-order chi connectivity index (χ0) is 13.9. The van der Waals surface area contributed by atoms with Crippen molar-refractivity contribution in [3.05, 3.63) is 54.1 Å². The van der Waals surface area contributed by atoms with E-state index in [2.05, 4.69) is 15.3 Å². The van der Waals surface area contributed by atoms with Crippen LogP contribution in [-0.2, 0) is 4.74 Å². The van der Waals surface area contributed by atoms with Gasteiger partial charge in [0.2, 0.25) is 5.95 Å². The number of benzene rings is 2. The van der Waals surface area contributed by atoms with E-state index in [0.29, 0.717) is 11.5 Å². The van der Waals surface area contributed by atoms with Crippen LogP contribution in [0, 0.1) is 0 Å². The maximum absolute atomic E-state index is 11.5. The van der Waals surface area contributed by atoms with Crippen molar-refractivity contribution in [3.63, 3.8) is 0 Å². The fraction of sp³-hybridized carbons (Fsp3) is 0.0667. The summed E-state index contributed by atoms with van der Waals surface area (Å²) in [6.45, 7) is 0. The highest BCUT2D eigenvalue weighted by Crippen LogP contribution is 2.19. The van der Waals surface area contributed by atoms with E-state index < -0.39 is 0 Å². The fourth-order valence-corrected chi connectivity index (χ4v) is 1.97. The van der Waals surface area contributed by atoms with Crippen LogP contribution in [0.2, 0.25) is 0 Å². The number of hydrogen-bond donors (Lipinski definition) is 2. The number of aromatic amines is 1. The van der Waals surface area contributed by atoms with Crippen LogP contribution in [0.1, 0.15) is 10.4 Å². The van der Waals surface area contributed by atoms with Crippen LogP contribution in [0.3, 0.4) is 0 Å². The van der Waals surface area contributed by atoms with Gasteiger partial charge < -0.3 is 15.0 Å². The van der Waals surface area contributed by atoms with Crippen molar-refractivity contribution in [2.24, 2.45) is 0 Å². The summed E-state index contributed by atoms with van der Waals surface area (Å²) in [6.07, 6.45) is 0. The molecule has 1 heterocycles. The third-order valence-electron chi connectivity index (χ3n) is 2.94. The maximum atomic E-state index is 11.5. The number of aromatic nitrogens is 2. The standard InChI is InChI=1S/C15H13N3O2/c1-20-14(19)10-7-8-12-13(9-10)18-15(17-12)16-11-5-3-2-4-6-11/h2-9H,1H3,(H2,16,17,18). The highest BCUT2D eigenvalue weighted by molar-refractivity contribution is 5.94. The summed E-state index contributed by atoms with van der Waals surface area (Å²) in [5.41, 5.74) is 3.01. The quantitative estimate of drug-likeness (QED) is 0.715. The Kier molecular flexibility index (Phi) is 3.09. The Hall–Kier alpha value is -2.82. The van der Waals surface area contributed by atoms with Gasteiger partial charge in [-0.05, 0) is 30.3 Å². The molecule has 0 aliphatic carbocycles. The van der Waals surface area contributed by atoms with E-state index in [1.54, 1.807) is 18.2 Å². The lowest BCUT2D eigenvalue weighted by Crippen LogP contribution is -2.00. The molecule has 5 nitrogen and oxygen atoms in total. The molecule has 0 fully saturated rings. The molecule has 100 valence electrons. The van der Waals surface area contributed by atoms with Crippen LogP contribution < -0.4 is 5.32 Å². The summed E-state index contributed by atoms with van der Waals surface area (Å²) in [5, 5.41) is 3.17. The molecule has 0 bridgehead atoms. The number of esters is 1. The minimum Gasteiger partial charge on any atom is -0.465 e. The molecule has 0 unspecified atom stereocenters. The second kappa shape index (κ2) is 5.05. The Morgan fingerprint density at radius 2 is 2.00 bits per heavy atom. The molecule has 20 heavy (non-hydrogen) atoms. The van der Waals surface area contributed by atoms with Crippen LogP contribution in [0.4, 0.5) is 11.6 Å². The Morgan fingerprint density at radius 3 is 2.75 bits per heavy atom. The molecule has 0 amide bonds. The van der Waals surface area contributed by atoms with Crippen molar-refractivity contribution in [2.75, 3.05) is 12.4 Å². The molecule has 0 radical (unpaired) electrons. The molecule has 0 saturated carbocycles. The lowest BCUT2D eigenvalue weighted by atomic mass is 10.2. The molecule has 0 saturated heterocycles. The normalized spacial score (nSPS) is 10.4. The number of anilines is 2. The Labute approximate surface area is 115 Å². The van der Waals surface area contributed by atoms with Crippen molar-refractivity contribution in [2.45, 2.75) is 0 Å². The number of imidazole rings is 1. The second-order valence-electron chi connectivity index (χ2n) is 4.30. The third-order valence-corrected chi connectivity index (χ3v) is 2.94. The molecular weight excluding hydrogens is 254 g/mol. The van der Waals surface area contributed by atoms with Crippen LogP contribution in [0.5, 0.6) is 0 Å². The molecule has 1 aromatic heterocycles. The van der Waals surface area contributed by atoms with Crippen LogP contribution >= 0.6 is 0 Å². The number of fused-ring (bicyclic) bond motifs is 1. The molecule has 3 rings (SSSR count). The number of methoxy groups -OCH3 is 1. The van der Waals surface area contributed by atoms with E-state index in [9.17, 15) is 4.79 Å². The fourth-order valence-electron chi connectivity index (χ4n) is 1.97. The first-order chi connectivity index (χ1) is 9.76. The molecule has 2 aromatic carbocycles. The molecule has 0 aliphatic heterocycles. The van der Waals surface area contributed by atoms with Gasteiger partial charge in [-0.25, -0.2) is 9.78 Å². The van der Waals surface area contributed by atoms with Crippen molar-refractivity contribution in [1.82, 2.24) is 9.97 Å². The van der Waals surface area contributed by atoms with Crippen LogP contribution in [0.15, 0.2) is 48.5 Å². The third kappa shape index (κ3) is 2.33. The van der Waals surface area contributed by atoms with Crippen molar-refractivity contribution < 1.29 is 9.53 Å². The zero-order valence-corrected chi connectivity index (χ0v) is 10.9. The second-order valence-corrected chi connectivity index (χ2v) is 4.30. The molecule has 2 N–H and O–H groups in total. The molecule has 3 aromatic rings. The topological polar surface area (TPSA) is 67.0 Å². The maximum Gasteiger partial charge on any atom is 0.337 e. The molecule has 0 spiro atoms. The smallest absolute Gasteiger partial charge is 0.337 e. The van der Waals surface area contributed by atoms with Gasteiger partial charge in [-0.3, -0.25) is 0 Å². The number of rotatable bonds is 3. The number of carbonyl (C=O) groups is 1. The lowest BCUT2D eigenvalue weighted by Gasteiger charge is -2.00. The number of nitrogens with zero attached hydrogens (tertiary/aromatic N) is 1. The summed E-state index contributed by atoms with van der Waals surface area (Å²) in [4.78, 5) is 19.0. The average molecular weight is 267 g/mol. The van der Waals surface area contributed by atoms with E-state index in [1.165, 1.54) is 7.11 Å². The molecule has 5 heteroatoms. The number of H-pyrrole nitrogens is 1. The Balaban J connectivity index is 1.92. The van der Waals surface area contributed by atoms with Crippen molar-refractivity contribution in [1.29, 1.82) is 0 Å². The number of ether oxygens (including phenoxy) is 1. The highest BCUT2D eigenvalue weighted by atomic mass is 16.5. The van der Waals surface area contributed by atoms with Crippen molar-refractivity contribution >= 4 is 28.6 Å². The Bertz CT molecular complexity index is 750. The summed E-state index contributed by atoms with van der Waals surface area (Å²) < 4.78 is 4.70. The minimum atomic E-state index is -0.362. The summed E-state index contributed by atoms with van der Waals surface area (Å²) >= 11 is 0. The zero-order valence-electron chi connectivity index (χ0n) is 10.9. The number of carbonyl (C=O) groups excluding carboxylic acids is 1. The number of nitrogens with one attached hydrogen (secondary N) is 2. The van der Waals surface area contributed by atoms with Gasteiger partial charge in [0.1, 0.15) is 0 Å². The van der Waals surface area contributed by atoms with E-state index in [4.69, 9.17) is 4.74 Å². The van der Waals surface area contributed by atoms with E-state index in [-0.39, 0.29) is 5.97 Å². The van der Waals surface area contributed by atoms with Gasteiger partial charge in [0.05, 0.1) is 23.7 Å². The Morgan fingerprint density at radius 1 is 1.20 bits per heavy atom. The summed E-state index contributed by atoms with van der Waals surface area (Å²) in [7, 11) is 1.36. The van der Waals surface area contributed by atoms with Gasteiger partial charge in [-0.2, -0.15) is 0 Å². The number of para-hydroxylation sites is 1. The monoisotopic (exact) mass is 267 g/mol. The average Bonchev–Trinajstić information content (AvgIpc) is 2.88. The van der Waals surface area contributed by atoms with Gasteiger partial charge in [-0.1, -0.05) is 18.2 Å². The predicted octanol–water partition coefficient (Wildman–Crippen LogP) is 3.09. The molecule has 0 atom stereocenters. The first-order valence-corrected chi connectivity index (χ1v) is 6.16. The van der Waals surface area contributed by atoms with Crippen LogP contribution in [0.25, 0.3) is 11.0 Å². The van der Waals surface area contributed by atoms with E-state index in [0.717, 1.165) is 16.7 Å². The van der Waals surface area contributed by atoms with E-state index >= 15 is 0 Å². The van der Waals surface area contributed by atoms with Gasteiger partial charge >= 0.3 is 5.97 Å². The summed E-state index contributed by atoms with van der Waals surface area (Å²) in [6, 6.07) is 15.0. The SMILES string of the molecule is COC(=O)c1ccc2nc(Nc3ccccc3)[nH]c2c1. The van der Waals surface area contributed by atoms with Crippen LogP contribution in [-0.4, -0.2) is 23.0 Å². The minimum absolute atomic E-state index is 0.362. The highest BCUT2D eigenvalue weighted by Gasteiger charge is 2.08. The van der Waals surface area contributed by atoms with Gasteiger partial charge in [-0.15, -0.1) is 0 Å².